The summed E-state index contributed by atoms with van der Waals surface area (Å²) in [5.74, 6) is 0. The summed E-state index contributed by atoms with van der Waals surface area (Å²) in [4.78, 5) is 0. The molecule has 1 aromatic carbocycles. The molecule has 0 saturated carbocycles. The van der Waals surface area contributed by atoms with Crippen LogP contribution < -0.4 is 10.6 Å². The largest absolute Gasteiger partial charge is 0.384 e. The van der Waals surface area contributed by atoms with E-state index in [0.29, 0.717) is 13.2 Å². The first-order valence-electron chi connectivity index (χ1n) is 6.18. The second-order valence-corrected chi connectivity index (χ2v) is 4.27. The maximum absolute atomic E-state index is 11.8. The summed E-state index contributed by atoms with van der Waals surface area (Å²) in [6.07, 6.45) is -1.31. The lowest BCUT2D eigenvalue weighted by molar-refractivity contribution is 0.0187. The summed E-state index contributed by atoms with van der Waals surface area (Å²) in [6, 6.07) is 6.25. The number of para-hydroxylation sites is 1. The van der Waals surface area contributed by atoms with Crippen LogP contribution in [0.1, 0.15) is 11.1 Å². The third-order valence-corrected chi connectivity index (χ3v) is 2.92. The molecule has 0 spiro atoms. The minimum absolute atomic E-state index is 0.312. The van der Waals surface area contributed by atoms with Crippen molar-refractivity contribution in [1.29, 1.82) is 0 Å². The van der Waals surface area contributed by atoms with E-state index >= 15 is 0 Å². The fraction of sp³-hybridized carbons (Fsp3) is 0.538. The van der Waals surface area contributed by atoms with Crippen molar-refractivity contribution in [3.05, 3.63) is 29.3 Å². The van der Waals surface area contributed by atoms with Gasteiger partial charge in [0.25, 0.3) is 6.43 Å². The number of benzene rings is 1. The maximum atomic E-state index is 11.8. The van der Waals surface area contributed by atoms with Crippen LogP contribution in [0.3, 0.4) is 0 Å². The zero-order valence-electron chi connectivity index (χ0n) is 10.2. The third-order valence-electron chi connectivity index (χ3n) is 2.92. The Morgan fingerprint density at radius 2 is 2.28 bits per heavy atom. The molecule has 2 rings (SSSR count). The van der Waals surface area contributed by atoms with Gasteiger partial charge in [-0.2, -0.15) is 0 Å². The topological polar surface area (TPSA) is 33.3 Å². The van der Waals surface area contributed by atoms with Crippen LogP contribution in [0, 0.1) is 0 Å². The molecule has 2 N–H and O–H groups in total. The molecule has 1 aliphatic heterocycles. The van der Waals surface area contributed by atoms with Gasteiger partial charge in [0.2, 0.25) is 0 Å². The first-order valence-corrected chi connectivity index (χ1v) is 6.18. The minimum atomic E-state index is -2.38. The van der Waals surface area contributed by atoms with Crippen molar-refractivity contribution in [3.63, 3.8) is 0 Å². The summed E-state index contributed by atoms with van der Waals surface area (Å²) in [6.45, 7) is 2.13. The molecule has 0 fully saturated rings. The molecule has 1 aromatic rings. The number of ether oxygens (including phenoxy) is 1. The van der Waals surface area contributed by atoms with E-state index in [4.69, 9.17) is 4.74 Å². The molecular formula is C13H18F2N2O. The van der Waals surface area contributed by atoms with Crippen LogP contribution in [-0.4, -0.2) is 32.7 Å². The molecule has 0 aromatic heterocycles. The highest BCUT2D eigenvalue weighted by molar-refractivity contribution is 5.61. The molecule has 0 amide bonds. The Labute approximate surface area is 106 Å². The second-order valence-electron chi connectivity index (χ2n) is 4.27. The number of nitrogens with one attached hydrogen (secondary N) is 2. The molecular weight excluding hydrogens is 238 g/mol. The van der Waals surface area contributed by atoms with E-state index in [1.165, 1.54) is 16.8 Å². The third kappa shape index (κ3) is 3.65. The van der Waals surface area contributed by atoms with E-state index in [-0.39, 0.29) is 0 Å². The van der Waals surface area contributed by atoms with Crippen LogP contribution in [0.5, 0.6) is 0 Å². The van der Waals surface area contributed by atoms with Gasteiger partial charge in [-0.3, -0.25) is 0 Å². The predicted octanol–water partition coefficient (Wildman–Crippen LogP) is 2.03. The molecule has 0 atom stereocenters. The summed E-state index contributed by atoms with van der Waals surface area (Å²) >= 11 is 0. The summed E-state index contributed by atoms with van der Waals surface area (Å²) in [5.41, 5.74) is 3.79. The summed E-state index contributed by atoms with van der Waals surface area (Å²) in [7, 11) is 0. The number of hydrogen-bond donors (Lipinski definition) is 2. The smallest absolute Gasteiger partial charge is 0.261 e. The molecule has 1 aliphatic rings. The molecule has 0 saturated heterocycles. The quantitative estimate of drug-likeness (QED) is 0.732. The molecule has 0 bridgehead atoms. The lowest BCUT2D eigenvalue weighted by Gasteiger charge is -2.10. The maximum Gasteiger partial charge on any atom is 0.261 e. The van der Waals surface area contributed by atoms with E-state index in [1.807, 2.05) is 0 Å². The van der Waals surface area contributed by atoms with Crippen LogP contribution >= 0.6 is 0 Å². The van der Waals surface area contributed by atoms with Crippen LogP contribution in [0.4, 0.5) is 14.5 Å². The highest BCUT2D eigenvalue weighted by Crippen LogP contribution is 2.25. The van der Waals surface area contributed by atoms with Crippen LogP contribution in [0.25, 0.3) is 0 Å². The monoisotopic (exact) mass is 256 g/mol. The normalized spacial score (nSPS) is 13.7. The van der Waals surface area contributed by atoms with Crippen LogP contribution in [0.15, 0.2) is 18.2 Å². The predicted molar refractivity (Wildman–Crippen MR) is 67.2 cm³/mol. The Morgan fingerprint density at radius 1 is 1.39 bits per heavy atom. The number of hydrogen-bond acceptors (Lipinski definition) is 3. The molecule has 0 aliphatic carbocycles. The molecule has 100 valence electrons. The lowest BCUT2D eigenvalue weighted by atomic mass is 10.1. The van der Waals surface area contributed by atoms with Gasteiger partial charge in [0.15, 0.2) is 0 Å². The summed E-state index contributed by atoms with van der Waals surface area (Å²) < 4.78 is 28.4. The number of anilines is 1. The van der Waals surface area contributed by atoms with Crippen molar-refractivity contribution in [2.75, 3.05) is 31.6 Å². The first kappa shape index (κ1) is 13.2. The Morgan fingerprint density at radius 3 is 3.11 bits per heavy atom. The van der Waals surface area contributed by atoms with Crippen molar-refractivity contribution in [1.82, 2.24) is 5.32 Å². The molecule has 3 nitrogen and oxygen atoms in total. The molecule has 1 heterocycles. The van der Waals surface area contributed by atoms with Crippen molar-refractivity contribution >= 4 is 5.69 Å². The zero-order chi connectivity index (χ0) is 12.8. The molecule has 0 radical (unpaired) electrons. The molecule has 0 unspecified atom stereocenters. The minimum Gasteiger partial charge on any atom is -0.384 e. The van der Waals surface area contributed by atoms with E-state index < -0.39 is 13.0 Å². The number of fused-ring (bicyclic) bond motifs is 1. The first-order chi connectivity index (χ1) is 8.77. The Bertz CT molecular complexity index is 385. The SMILES string of the molecule is FC(F)COCCNCc1cccc2c1NCC2. The van der Waals surface area contributed by atoms with Crippen molar-refractivity contribution in [2.24, 2.45) is 0 Å². The van der Waals surface area contributed by atoms with Crippen molar-refractivity contribution in [2.45, 2.75) is 19.4 Å². The molecule has 5 heteroatoms. The van der Waals surface area contributed by atoms with Gasteiger partial charge in [-0.05, 0) is 17.5 Å². The van der Waals surface area contributed by atoms with Gasteiger partial charge < -0.3 is 15.4 Å². The second kappa shape index (κ2) is 6.66. The zero-order valence-corrected chi connectivity index (χ0v) is 10.2. The van der Waals surface area contributed by atoms with Gasteiger partial charge in [-0.15, -0.1) is 0 Å². The Hall–Kier alpha value is -1.20. The highest BCUT2D eigenvalue weighted by Gasteiger charge is 2.12. The van der Waals surface area contributed by atoms with E-state index in [1.54, 1.807) is 0 Å². The number of halogens is 2. The van der Waals surface area contributed by atoms with Gasteiger partial charge in [0, 0.05) is 25.3 Å². The Kier molecular flexibility index (Phi) is 4.90. The standard InChI is InChI=1S/C13H18F2N2O/c14-12(15)9-18-7-6-16-8-11-3-1-2-10-4-5-17-13(10)11/h1-3,12,16-17H,4-9H2. The molecule has 18 heavy (non-hydrogen) atoms. The van der Waals surface area contributed by atoms with Crippen molar-refractivity contribution in [3.8, 4) is 0 Å². The fourth-order valence-corrected chi connectivity index (χ4v) is 2.10. The number of alkyl halides is 2. The average Bonchev–Trinajstić information content (AvgIpc) is 2.82. The summed E-state index contributed by atoms with van der Waals surface area (Å²) in [5, 5.41) is 6.56. The van der Waals surface area contributed by atoms with E-state index in [2.05, 4.69) is 28.8 Å². The van der Waals surface area contributed by atoms with E-state index in [0.717, 1.165) is 19.5 Å². The van der Waals surface area contributed by atoms with Gasteiger partial charge >= 0.3 is 0 Å². The van der Waals surface area contributed by atoms with Crippen LogP contribution in [-0.2, 0) is 17.7 Å². The average molecular weight is 256 g/mol. The fourth-order valence-electron chi connectivity index (χ4n) is 2.10. The van der Waals surface area contributed by atoms with Gasteiger partial charge in [-0.25, -0.2) is 8.78 Å². The van der Waals surface area contributed by atoms with Crippen molar-refractivity contribution < 1.29 is 13.5 Å². The van der Waals surface area contributed by atoms with Gasteiger partial charge in [0.05, 0.1) is 6.61 Å². The highest BCUT2D eigenvalue weighted by atomic mass is 19.3. The van der Waals surface area contributed by atoms with Gasteiger partial charge in [-0.1, -0.05) is 18.2 Å². The number of rotatable bonds is 7. The lowest BCUT2D eigenvalue weighted by Crippen LogP contribution is -2.21. The van der Waals surface area contributed by atoms with Crippen LogP contribution in [0.2, 0.25) is 0 Å². The van der Waals surface area contributed by atoms with Gasteiger partial charge in [0.1, 0.15) is 6.61 Å². The Balaban J connectivity index is 1.70. The van der Waals surface area contributed by atoms with E-state index in [9.17, 15) is 8.78 Å².